The largest absolute Gasteiger partial charge is 0.465 e. The molecule has 2 N–H and O–H groups in total. The molecule has 1 aromatic rings. The highest BCUT2D eigenvalue weighted by Gasteiger charge is 2.24. The van der Waals surface area contributed by atoms with Gasteiger partial charge in [0.15, 0.2) is 6.61 Å². The van der Waals surface area contributed by atoms with Crippen molar-refractivity contribution in [3.63, 3.8) is 0 Å². The van der Waals surface area contributed by atoms with Gasteiger partial charge in [-0.3, -0.25) is 4.79 Å². The first kappa shape index (κ1) is 18.0. The molecule has 1 amide bonds. The van der Waals surface area contributed by atoms with E-state index in [0.29, 0.717) is 30.0 Å². The lowest BCUT2D eigenvalue weighted by Crippen LogP contribution is -2.34. The average molecular weight is 338 g/mol. The third-order valence-electron chi connectivity index (χ3n) is 3.92. The SMILES string of the molecule is COC(=O)c1c(C)[nH]c(C(=O)OCC(=O)NC[C@@H]2CCCO2)c1C. The molecule has 0 spiro atoms. The van der Waals surface area contributed by atoms with Crippen LogP contribution in [-0.4, -0.2) is 55.8 Å². The number of carbonyl (C=O) groups excluding carboxylic acids is 3. The van der Waals surface area contributed by atoms with Crippen molar-refractivity contribution in [2.24, 2.45) is 0 Å². The molecule has 0 aromatic carbocycles. The second-order valence-corrected chi connectivity index (χ2v) is 5.63. The van der Waals surface area contributed by atoms with Crippen molar-refractivity contribution in [1.29, 1.82) is 0 Å². The van der Waals surface area contributed by atoms with E-state index in [9.17, 15) is 14.4 Å². The van der Waals surface area contributed by atoms with E-state index in [0.717, 1.165) is 12.8 Å². The van der Waals surface area contributed by atoms with Crippen molar-refractivity contribution >= 4 is 17.8 Å². The van der Waals surface area contributed by atoms with Crippen LogP contribution in [0.5, 0.6) is 0 Å². The molecular weight excluding hydrogens is 316 g/mol. The summed E-state index contributed by atoms with van der Waals surface area (Å²) in [4.78, 5) is 38.3. The third-order valence-corrected chi connectivity index (χ3v) is 3.92. The van der Waals surface area contributed by atoms with Crippen LogP contribution in [0.25, 0.3) is 0 Å². The van der Waals surface area contributed by atoms with Crippen LogP contribution in [0, 0.1) is 13.8 Å². The molecule has 0 aliphatic carbocycles. The zero-order chi connectivity index (χ0) is 17.7. The molecule has 1 fully saturated rings. The summed E-state index contributed by atoms with van der Waals surface area (Å²) in [6.45, 7) is 4.00. The van der Waals surface area contributed by atoms with Crippen molar-refractivity contribution < 1.29 is 28.6 Å². The lowest BCUT2D eigenvalue weighted by Gasteiger charge is -2.10. The molecular formula is C16H22N2O6. The first-order chi connectivity index (χ1) is 11.4. The van der Waals surface area contributed by atoms with E-state index in [-0.39, 0.29) is 11.8 Å². The molecule has 1 aliphatic rings. The molecule has 1 saturated heterocycles. The lowest BCUT2D eigenvalue weighted by atomic mass is 10.1. The molecule has 132 valence electrons. The first-order valence-electron chi connectivity index (χ1n) is 7.77. The smallest absolute Gasteiger partial charge is 0.355 e. The number of nitrogens with one attached hydrogen (secondary N) is 2. The highest BCUT2D eigenvalue weighted by Crippen LogP contribution is 2.19. The summed E-state index contributed by atoms with van der Waals surface area (Å²) < 4.78 is 15.1. The molecule has 0 radical (unpaired) electrons. The summed E-state index contributed by atoms with van der Waals surface area (Å²) in [6, 6.07) is 0. The number of aromatic amines is 1. The Balaban J connectivity index is 1.88. The van der Waals surface area contributed by atoms with Crippen LogP contribution in [0.2, 0.25) is 0 Å². The topological polar surface area (TPSA) is 107 Å². The van der Waals surface area contributed by atoms with E-state index in [1.165, 1.54) is 7.11 Å². The van der Waals surface area contributed by atoms with Gasteiger partial charge < -0.3 is 24.5 Å². The monoisotopic (exact) mass is 338 g/mol. The summed E-state index contributed by atoms with van der Waals surface area (Å²) in [5.74, 6) is -1.62. The first-order valence-corrected chi connectivity index (χ1v) is 7.77. The molecule has 2 rings (SSSR count). The lowest BCUT2D eigenvalue weighted by molar-refractivity contribution is -0.124. The predicted molar refractivity (Wildman–Crippen MR) is 83.9 cm³/mol. The van der Waals surface area contributed by atoms with Gasteiger partial charge in [0, 0.05) is 18.8 Å². The van der Waals surface area contributed by atoms with Gasteiger partial charge in [0.05, 0.1) is 18.8 Å². The van der Waals surface area contributed by atoms with Gasteiger partial charge in [-0.25, -0.2) is 9.59 Å². The zero-order valence-electron chi connectivity index (χ0n) is 14.1. The van der Waals surface area contributed by atoms with Crippen LogP contribution >= 0.6 is 0 Å². The fourth-order valence-corrected chi connectivity index (χ4v) is 2.65. The number of hydrogen-bond donors (Lipinski definition) is 2. The Morgan fingerprint density at radius 1 is 1.29 bits per heavy atom. The summed E-state index contributed by atoms with van der Waals surface area (Å²) >= 11 is 0. The molecule has 8 nitrogen and oxygen atoms in total. The van der Waals surface area contributed by atoms with Crippen molar-refractivity contribution in [3.8, 4) is 0 Å². The van der Waals surface area contributed by atoms with Crippen LogP contribution < -0.4 is 5.32 Å². The Hall–Kier alpha value is -2.35. The maximum absolute atomic E-state index is 12.1. The number of amides is 1. The van der Waals surface area contributed by atoms with Crippen molar-refractivity contribution in [2.45, 2.75) is 32.8 Å². The van der Waals surface area contributed by atoms with Gasteiger partial charge in [0.25, 0.3) is 5.91 Å². The number of esters is 2. The molecule has 0 unspecified atom stereocenters. The normalized spacial score (nSPS) is 16.7. The minimum Gasteiger partial charge on any atom is -0.465 e. The fraction of sp³-hybridized carbons (Fsp3) is 0.562. The maximum atomic E-state index is 12.1. The molecule has 8 heteroatoms. The Labute approximate surface area is 139 Å². The van der Waals surface area contributed by atoms with Crippen LogP contribution in [0.3, 0.4) is 0 Å². The fourth-order valence-electron chi connectivity index (χ4n) is 2.65. The van der Waals surface area contributed by atoms with Crippen molar-refractivity contribution in [2.75, 3.05) is 26.9 Å². The molecule has 2 heterocycles. The average Bonchev–Trinajstić information content (AvgIpc) is 3.18. The number of H-pyrrole nitrogens is 1. The number of methoxy groups -OCH3 is 1. The van der Waals surface area contributed by atoms with E-state index in [2.05, 4.69) is 15.0 Å². The predicted octanol–water partition coefficient (Wildman–Crippen LogP) is 0.870. The molecule has 1 aromatic heterocycles. The summed E-state index contributed by atoms with van der Waals surface area (Å²) in [5.41, 5.74) is 1.38. The second kappa shape index (κ2) is 7.96. The number of rotatable bonds is 6. The molecule has 0 saturated carbocycles. The summed E-state index contributed by atoms with van der Waals surface area (Å²) in [7, 11) is 1.27. The highest BCUT2D eigenvalue weighted by atomic mass is 16.5. The van der Waals surface area contributed by atoms with Crippen molar-refractivity contribution in [3.05, 3.63) is 22.5 Å². The van der Waals surface area contributed by atoms with E-state index in [1.807, 2.05) is 0 Å². The second-order valence-electron chi connectivity index (χ2n) is 5.63. The quantitative estimate of drug-likeness (QED) is 0.746. The van der Waals surface area contributed by atoms with E-state index in [1.54, 1.807) is 13.8 Å². The van der Waals surface area contributed by atoms with Crippen LogP contribution in [0.15, 0.2) is 0 Å². The van der Waals surface area contributed by atoms with Gasteiger partial charge in [0.2, 0.25) is 0 Å². The van der Waals surface area contributed by atoms with Gasteiger partial charge in [0.1, 0.15) is 5.69 Å². The number of ether oxygens (including phenoxy) is 3. The molecule has 24 heavy (non-hydrogen) atoms. The van der Waals surface area contributed by atoms with E-state index < -0.39 is 24.5 Å². The van der Waals surface area contributed by atoms with Crippen molar-refractivity contribution in [1.82, 2.24) is 10.3 Å². The highest BCUT2D eigenvalue weighted by molar-refractivity contribution is 5.99. The Morgan fingerprint density at radius 3 is 2.67 bits per heavy atom. The van der Waals surface area contributed by atoms with Gasteiger partial charge >= 0.3 is 11.9 Å². The van der Waals surface area contributed by atoms with Crippen LogP contribution in [-0.2, 0) is 19.0 Å². The Morgan fingerprint density at radius 2 is 2.04 bits per heavy atom. The van der Waals surface area contributed by atoms with E-state index >= 15 is 0 Å². The number of carbonyl (C=O) groups is 3. The van der Waals surface area contributed by atoms with Crippen LogP contribution in [0.1, 0.15) is 44.9 Å². The molecule has 0 bridgehead atoms. The van der Waals surface area contributed by atoms with Gasteiger partial charge in [-0.15, -0.1) is 0 Å². The van der Waals surface area contributed by atoms with Gasteiger partial charge in [-0.05, 0) is 32.3 Å². The maximum Gasteiger partial charge on any atom is 0.355 e. The zero-order valence-corrected chi connectivity index (χ0v) is 14.1. The number of hydrogen-bond acceptors (Lipinski definition) is 6. The van der Waals surface area contributed by atoms with Crippen LogP contribution in [0.4, 0.5) is 0 Å². The van der Waals surface area contributed by atoms with E-state index in [4.69, 9.17) is 9.47 Å². The minimum atomic E-state index is -0.696. The Kier molecular flexibility index (Phi) is 5.97. The molecule has 1 aliphatic heterocycles. The van der Waals surface area contributed by atoms with Gasteiger partial charge in [-0.2, -0.15) is 0 Å². The third kappa shape index (κ3) is 4.14. The van der Waals surface area contributed by atoms with Gasteiger partial charge in [-0.1, -0.05) is 0 Å². The Bertz CT molecular complexity index is 631. The summed E-state index contributed by atoms with van der Waals surface area (Å²) in [6.07, 6.45) is 1.93. The number of aromatic nitrogens is 1. The minimum absolute atomic E-state index is 0.0283. The summed E-state index contributed by atoms with van der Waals surface area (Å²) in [5, 5.41) is 2.66. The molecule has 1 atom stereocenters. The standard InChI is InChI=1S/C16H22N2O6/c1-9-13(15(20)22-3)10(2)18-14(9)16(21)24-8-12(19)17-7-11-5-4-6-23-11/h11,18H,4-8H2,1-3H3,(H,17,19)/t11-/m0/s1. The number of aryl methyl sites for hydroxylation is 1.